The van der Waals surface area contributed by atoms with Gasteiger partial charge in [-0.05, 0) is 19.1 Å². The minimum atomic E-state index is -3.93. The van der Waals surface area contributed by atoms with E-state index in [0.29, 0.717) is 6.54 Å². The summed E-state index contributed by atoms with van der Waals surface area (Å²) in [7, 11) is -3.93. The molecule has 0 aliphatic carbocycles. The third-order valence-electron chi connectivity index (χ3n) is 5.29. The molecule has 2 aromatic carbocycles. The highest BCUT2D eigenvalue weighted by Crippen LogP contribution is 2.27. The molecule has 3 aromatic rings. The molecule has 0 bridgehead atoms. The van der Waals surface area contributed by atoms with Crippen LogP contribution >= 0.6 is 11.3 Å². The van der Waals surface area contributed by atoms with Crippen LogP contribution in [0.1, 0.15) is 10.6 Å². The van der Waals surface area contributed by atoms with Gasteiger partial charge in [0.15, 0.2) is 0 Å². The molecule has 0 unspecified atom stereocenters. The summed E-state index contributed by atoms with van der Waals surface area (Å²) < 4.78 is 40.6. The van der Waals surface area contributed by atoms with Gasteiger partial charge in [-0.3, -0.25) is 0 Å². The fourth-order valence-corrected chi connectivity index (χ4v) is 5.98. The zero-order valence-corrected chi connectivity index (χ0v) is 19.1. The summed E-state index contributed by atoms with van der Waals surface area (Å²) in [6, 6.07) is 14.9. The van der Waals surface area contributed by atoms with E-state index in [-0.39, 0.29) is 37.1 Å². The van der Waals surface area contributed by atoms with Gasteiger partial charge in [-0.1, -0.05) is 42.5 Å². The molecule has 2 heterocycles. The molecule has 1 saturated heterocycles. The highest BCUT2D eigenvalue weighted by atomic mass is 32.2. The lowest BCUT2D eigenvalue weighted by Crippen LogP contribution is -2.53. The monoisotopic (exact) mass is 474 g/mol. The topological polar surface area (TPSA) is 82.6 Å². The van der Waals surface area contributed by atoms with Gasteiger partial charge in [0.25, 0.3) is 0 Å². The molecule has 1 fully saturated rings. The van der Waals surface area contributed by atoms with Crippen LogP contribution in [-0.2, 0) is 16.6 Å². The number of thiazole rings is 1. The van der Waals surface area contributed by atoms with Crippen molar-refractivity contribution in [2.24, 2.45) is 0 Å². The van der Waals surface area contributed by atoms with Crippen LogP contribution in [0.25, 0.3) is 10.6 Å². The van der Waals surface area contributed by atoms with Crippen molar-refractivity contribution >= 4 is 27.4 Å². The molecule has 168 valence electrons. The number of hydrogen-bond acceptors (Lipinski definition) is 5. The summed E-state index contributed by atoms with van der Waals surface area (Å²) in [5.41, 5.74) is 1.90. The van der Waals surface area contributed by atoms with Gasteiger partial charge in [0.1, 0.15) is 15.7 Å². The van der Waals surface area contributed by atoms with Gasteiger partial charge in [0.2, 0.25) is 10.0 Å². The van der Waals surface area contributed by atoms with Crippen LogP contribution in [0, 0.1) is 12.7 Å². The van der Waals surface area contributed by atoms with Gasteiger partial charge in [-0.2, -0.15) is 4.31 Å². The first-order chi connectivity index (χ1) is 15.4. The molecule has 0 spiro atoms. The molecule has 1 aromatic heterocycles. The first-order valence-corrected chi connectivity index (χ1v) is 12.4. The zero-order chi connectivity index (χ0) is 22.7. The number of piperazine rings is 1. The summed E-state index contributed by atoms with van der Waals surface area (Å²) in [5.74, 6) is -0.775. The van der Waals surface area contributed by atoms with Crippen molar-refractivity contribution in [3.63, 3.8) is 0 Å². The van der Waals surface area contributed by atoms with Crippen LogP contribution in [0.4, 0.5) is 9.18 Å². The minimum Gasteiger partial charge on any atom is -0.333 e. The Labute approximate surface area is 190 Å². The lowest BCUT2D eigenvalue weighted by atomic mass is 10.2. The Morgan fingerprint density at radius 2 is 1.72 bits per heavy atom. The Bertz CT molecular complexity index is 1210. The summed E-state index contributed by atoms with van der Waals surface area (Å²) >= 11 is 1.54. The van der Waals surface area contributed by atoms with E-state index in [1.165, 1.54) is 33.8 Å². The number of nitrogens with zero attached hydrogens (tertiary/aromatic N) is 3. The smallest absolute Gasteiger partial charge is 0.317 e. The number of hydrogen-bond donors (Lipinski definition) is 1. The van der Waals surface area contributed by atoms with E-state index in [9.17, 15) is 17.6 Å². The molecule has 2 amide bonds. The van der Waals surface area contributed by atoms with Crippen molar-refractivity contribution < 1.29 is 17.6 Å². The van der Waals surface area contributed by atoms with Crippen LogP contribution in [0.15, 0.2) is 59.5 Å². The molecule has 4 rings (SSSR count). The van der Waals surface area contributed by atoms with Crippen LogP contribution in [-0.4, -0.2) is 54.8 Å². The second-order valence-corrected chi connectivity index (χ2v) is 10.4. The minimum absolute atomic E-state index is 0.113. The van der Waals surface area contributed by atoms with Gasteiger partial charge in [-0.25, -0.2) is 22.6 Å². The Hall–Kier alpha value is -2.82. The maximum atomic E-state index is 14.0. The van der Waals surface area contributed by atoms with E-state index in [4.69, 9.17) is 0 Å². The standard InChI is InChI=1S/C22H23FN4O3S2/c1-16-19(31-21(25-16)17-7-3-2-4-8-17)15-24-22(28)26-11-13-27(14-12-26)32(29,30)20-10-6-5-9-18(20)23/h2-10H,11-15H2,1H3,(H,24,28). The summed E-state index contributed by atoms with van der Waals surface area (Å²) in [4.78, 5) is 19.4. The number of sulfonamides is 1. The van der Waals surface area contributed by atoms with Crippen LogP contribution < -0.4 is 5.32 Å². The number of carbonyl (C=O) groups excluding carboxylic acids is 1. The van der Waals surface area contributed by atoms with Crippen molar-refractivity contribution in [3.8, 4) is 10.6 Å². The van der Waals surface area contributed by atoms with Gasteiger partial charge in [-0.15, -0.1) is 11.3 Å². The number of nitrogens with one attached hydrogen (secondary N) is 1. The first-order valence-electron chi connectivity index (χ1n) is 10.2. The Morgan fingerprint density at radius 1 is 1.06 bits per heavy atom. The number of halogens is 1. The number of benzene rings is 2. The SMILES string of the molecule is Cc1nc(-c2ccccc2)sc1CNC(=O)N1CCN(S(=O)(=O)c2ccccc2F)CC1. The Balaban J connectivity index is 1.34. The molecule has 0 radical (unpaired) electrons. The number of aromatic nitrogens is 1. The molecule has 1 N–H and O–H groups in total. The summed E-state index contributed by atoms with van der Waals surface area (Å²) in [6.07, 6.45) is 0. The van der Waals surface area contributed by atoms with Gasteiger partial charge in [0.05, 0.1) is 12.2 Å². The van der Waals surface area contributed by atoms with Crippen molar-refractivity contribution in [1.82, 2.24) is 19.5 Å². The van der Waals surface area contributed by atoms with Crippen molar-refractivity contribution in [2.75, 3.05) is 26.2 Å². The average Bonchev–Trinajstić information content (AvgIpc) is 3.19. The van der Waals surface area contributed by atoms with Gasteiger partial charge < -0.3 is 10.2 Å². The fraction of sp³-hybridized carbons (Fsp3) is 0.273. The predicted octanol–water partition coefficient (Wildman–Crippen LogP) is 3.47. The lowest BCUT2D eigenvalue weighted by molar-refractivity contribution is 0.172. The van der Waals surface area contributed by atoms with E-state index in [1.54, 1.807) is 4.90 Å². The van der Waals surface area contributed by atoms with Crippen LogP contribution in [0.3, 0.4) is 0 Å². The van der Waals surface area contributed by atoms with E-state index < -0.39 is 15.8 Å². The normalized spacial score (nSPS) is 15.0. The molecule has 32 heavy (non-hydrogen) atoms. The number of amides is 2. The molecule has 1 aliphatic heterocycles. The average molecular weight is 475 g/mol. The highest BCUT2D eigenvalue weighted by Gasteiger charge is 2.31. The maximum Gasteiger partial charge on any atom is 0.317 e. The number of carbonyl (C=O) groups is 1. The Kier molecular flexibility index (Phi) is 6.54. The molecule has 0 saturated carbocycles. The van der Waals surface area contributed by atoms with Crippen molar-refractivity contribution in [2.45, 2.75) is 18.4 Å². The second kappa shape index (κ2) is 9.35. The number of urea groups is 1. The first kappa shape index (κ1) is 22.4. The number of aryl methyl sites for hydroxylation is 1. The largest absolute Gasteiger partial charge is 0.333 e. The van der Waals surface area contributed by atoms with E-state index >= 15 is 0 Å². The van der Waals surface area contributed by atoms with Crippen LogP contribution in [0.5, 0.6) is 0 Å². The van der Waals surface area contributed by atoms with Crippen LogP contribution in [0.2, 0.25) is 0 Å². The highest BCUT2D eigenvalue weighted by molar-refractivity contribution is 7.89. The molecule has 7 nitrogen and oxygen atoms in total. The van der Waals surface area contributed by atoms with Gasteiger partial charge in [0, 0.05) is 36.6 Å². The van der Waals surface area contributed by atoms with Gasteiger partial charge >= 0.3 is 6.03 Å². The summed E-state index contributed by atoms with van der Waals surface area (Å²) in [6.45, 7) is 2.95. The van der Waals surface area contributed by atoms with Crippen molar-refractivity contribution in [3.05, 3.63) is 71.0 Å². The molecule has 10 heteroatoms. The zero-order valence-electron chi connectivity index (χ0n) is 17.5. The molecular formula is C22H23FN4O3S2. The third-order valence-corrected chi connectivity index (χ3v) is 8.43. The maximum absolute atomic E-state index is 14.0. The van der Waals surface area contributed by atoms with E-state index in [2.05, 4.69) is 10.3 Å². The molecule has 0 atom stereocenters. The third kappa shape index (κ3) is 4.67. The quantitative estimate of drug-likeness (QED) is 0.614. The summed E-state index contributed by atoms with van der Waals surface area (Å²) in [5, 5.41) is 3.80. The number of rotatable bonds is 5. The predicted molar refractivity (Wildman–Crippen MR) is 121 cm³/mol. The lowest BCUT2D eigenvalue weighted by Gasteiger charge is -2.34. The molecule has 1 aliphatic rings. The second-order valence-electron chi connectivity index (χ2n) is 7.37. The van der Waals surface area contributed by atoms with E-state index in [1.807, 2.05) is 37.3 Å². The fourth-order valence-electron chi connectivity index (χ4n) is 3.49. The Morgan fingerprint density at radius 3 is 2.41 bits per heavy atom. The molecular weight excluding hydrogens is 451 g/mol. The van der Waals surface area contributed by atoms with Crippen molar-refractivity contribution in [1.29, 1.82) is 0 Å². The van der Waals surface area contributed by atoms with E-state index in [0.717, 1.165) is 27.2 Å².